The molecule has 0 aliphatic heterocycles. The number of aliphatic hydroxyl groups excluding tert-OH is 5. The molecule has 0 saturated heterocycles. The van der Waals surface area contributed by atoms with Gasteiger partial charge in [-0.25, -0.2) is 0 Å². The third-order valence-electron chi connectivity index (χ3n) is 2.64. The number of ether oxygens (including phenoxy) is 1. The van der Waals surface area contributed by atoms with Crippen molar-refractivity contribution < 1.29 is 30.3 Å². The monoisotopic (exact) mass is 249 g/mol. The third kappa shape index (κ3) is 3.05. The maximum absolute atomic E-state index is 9.54. The molecule has 1 rings (SSSR count). The van der Waals surface area contributed by atoms with Gasteiger partial charge in [0.1, 0.15) is 36.6 Å². The Labute approximate surface area is 96.5 Å². The van der Waals surface area contributed by atoms with Gasteiger partial charge in [-0.15, -0.1) is 0 Å². The van der Waals surface area contributed by atoms with Gasteiger partial charge >= 0.3 is 0 Å². The van der Waals surface area contributed by atoms with Crippen molar-refractivity contribution in [3.05, 3.63) is 10.4 Å². The van der Waals surface area contributed by atoms with Gasteiger partial charge < -0.3 is 30.3 Å². The van der Waals surface area contributed by atoms with Gasteiger partial charge in [0, 0.05) is 11.5 Å². The van der Waals surface area contributed by atoms with Crippen LogP contribution in [-0.2, 0) is 4.74 Å². The maximum atomic E-state index is 9.54. The van der Waals surface area contributed by atoms with Gasteiger partial charge in [-0.1, -0.05) is 5.11 Å². The average molecular weight is 249 g/mol. The van der Waals surface area contributed by atoms with E-state index in [0.29, 0.717) is 0 Å². The summed E-state index contributed by atoms with van der Waals surface area (Å²) in [6.07, 6.45) is -9.19. The van der Waals surface area contributed by atoms with Crippen LogP contribution in [0.1, 0.15) is 0 Å². The van der Waals surface area contributed by atoms with E-state index in [2.05, 4.69) is 10.0 Å². The number of nitrogens with zero attached hydrogens (tertiary/aromatic N) is 3. The topological polar surface area (TPSA) is 159 Å². The first kappa shape index (κ1) is 14.1. The van der Waals surface area contributed by atoms with E-state index in [-0.39, 0.29) is 13.2 Å². The fourth-order valence-electron chi connectivity index (χ4n) is 1.67. The second kappa shape index (κ2) is 6.12. The zero-order valence-corrected chi connectivity index (χ0v) is 8.86. The molecule has 0 bridgehead atoms. The van der Waals surface area contributed by atoms with Gasteiger partial charge in [-0.05, 0) is 5.53 Å². The van der Waals surface area contributed by atoms with Crippen LogP contribution in [0.3, 0.4) is 0 Å². The number of aliphatic hydroxyl groups is 5. The highest BCUT2D eigenvalue weighted by atomic mass is 16.5. The Balaban J connectivity index is 2.59. The number of rotatable bonds is 4. The minimum atomic E-state index is -1.64. The van der Waals surface area contributed by atoms with Crippen molar-refractivity contribution in [1.29, 1.82) is 0 Å². The first-order chi connectivity index (χ1) is 8.00. The number of azide groups is 1. The molecule has 0 aromatic heterocycles. The molecule has 1 aliphatic rings. The van der Waals surface area contributed by atoms with E-state index < -0.39 is 36.6 Å². The van der Waals surface area contributed by atoms with Crippen molar-refractivity contribution in [2.45, 2.75) is 36.6 Å². The van der Waals surface area contributed by atoms with Crippen molar-refractivity contribution in [1.82, 2.24) is 0 Å². The van der Waals surface area contributed by atoms with Gasteiger partial charge in [0.15, 0.2) is 0 Å². The van der Waals surface area contributed by atoms with Gasteiger partial charge in [0.25, 0.3) is 0 Å². The van der Waals surface area contributed by atoms with Crippen LogP contribution in [0.5, 0.6) is 0 Å². The molecule has 5 N–H and O–H groups in total. The molecule has 6 atom stereocenters. The summed E-state index contributed by atoms with van der Waals surface area (Å²) in [6, 6.07) is 0. The van der Waals surface area contributed by atoms with Crippen molar-refractivity contribution in [3.8, 4) is 0 Å². The highest BCUT2D eigenvalue weighted by molar-refractivity contribution is 4.99. The summed E-state index contributed by atoms with van der Waals surface area (Å²) in [6.45, 7) is -0.0977. The van der Waals surface area contributed by atoms with Gasteiger partial charge in [0.2, 0.25) is 0 Å². The molecule has 0 radical (unpaired) electrons. The Hall–Kier alpha value is -0.930. The van der Waals surface area contributed by atoms with Crippen LogP contribution in [0.4, 0.5) is 0 Å². The Morgan fingerprint density at radius 1 is 0.941 bits per heavy atom. The molecule has 0 aromatic carbocycles. The molecule has 98 valence electrons. The molecule has 0 heterocycles. The Morgan fingerprint density at radius 2 is 1.41 bits per heavy atom. The lowest BCUT2D eigenvalue weighted by atomic mass is 9.85. The van der Waals surface area contributed by atoms with E-state index in [4.69, 9.17) is 10.3 Å². The van der Waals surface area contributed by atoms with Gasteiger partial charge in [-0.3, -0.25) is 0 Å². The normalized spacial score (nSPS) is 41.9. The van der Waals surface area contributed by atoms with Crippen LogP contribution in [-0.4, -0.2) is 75.3 Å². The van der Waals surface area contributed by atoms with Gasteiger partial charge in [-0.2, -0.15) is 0 Å². The molecule has 0 unspecified atom stereocenters. The standard InChI is InChI=1S/C8H15N3O6/c9-11-10-1-2-17-8-6(15)4(13)3(12)5(14)7(8)16/h3-8,12-16H,1-2H2/t3-,4-,5+,6+,7-,8+. The van der Waals surface area contributed by atoms with Crippen molar-refractivity contribution in [2.75, 3.05) is 13.2 Å². The summed E-state index contributed by atoms with van der Waals surface area (Å²) in [4.78, 5) is 2.48. The fourth-order valence-corrected chi connectivity index (χ4v) is 1.67. The molecule has 0 aromatic rings. The fraction of sp³-hybridized carbons (Fsp3) is 1.00. The summed E-state index contributed by atoms with van der Waals surface area (Å²) < 4.78 is 5.00. The summed E-state index contributed by atoms with van der Waals surface area (Å²) in [5.74, 6) is 0. The molecular weight excluding hydrogens is 234 g/mol. The highest BCUT2D eigenvalue weighted by Gasteiger charge is 2.48. The molecule has 1 aliphatic carbocycles. The Bertz CT molecular complexity index is 281. The van der Waals surface area contributed by atoms with Crippen molar-refractivity contribution >= 4 is 0 Å². The quantitative estimate of drug-likeness (QED) is 0.160. The minimum absolute atomic E-state index is 0.0127. The van der Waals surface area contributed by atoms with E-state index in [1.54, 1.807) is 0 Å². The Morgan fingerprint density at radius 3 is 1.88 bits per heavy atom. The molecule has 0 amide bonds. The highest BCUT2D eigenvalue weighted by Crippen LogP contribution is 2.23. The lowest BCUT2D eigenvalue weighted by Gasteiger charge is -2.41. The second-order valence-electron chi connectivity index (χ2n) is 3.74. The first-order valence-electron chi connectivity index (χ1n) is 5.03. The van der Waals surface area contributed by atoms with E-state index >= 15 is 0 Å². The zero-order valence-electron chi connectivity index (χ0n) is 8.86. The van der Waals surface area contributed by atoms with Crippen LogP contribution in [0.15, 0.2) is 5.11 Å². The third-order valence-corrected chi connectivity index (χ3v) is 2.64. The van der Waals surface area contributed by atoms with E-state index in [1.807, 2.05) is 0 Å². The van der Waals surface area contributed by atoms with Crippen LogP contribution < -0.4 is 0 Å². The van der Waals surface area contributed by atoms with Crippen LogP contribution in [0.25, 0.3) is 10.4 Å². The van der Waals surface area contributed by atoms with E-state index in [9.17, 15) is 25.5 Å². The summed E-state index contributed by atoms with van der Waals surface area (Å²) >= 11 is 0. The summed E-state index contributed by atoms with van der Waals surface area (Å²) in [5.41, 5.74) is 8.02. The number of hydrogen-bond acceptors (Lipinski definition) is 7. The average Bonchev–Trinajstić information content (AvgIpc) is 2.33. The van der Waals surface area contributed by atoms with Crippen LogP contribution in [0.2, 0.25) is 0 Å². The van der Waals surface area contributed by atoms with Crippen molar-refractivity contribution in [3.63, 3.8) is 0 Å². The lowest BCUT2D eigenvalue weighted by molar-refractivity contribution is -0.234. The largest absolute Gasteiger partial charge is 0.387 e. The predicted molar refractivity (Wildman–Crippen MR) is 53.8 cm³/mol. The molecule has 9 nitrogen and oxygen atoms in total. The molecule has 1 saturated carbocycles. The lowest BCUT2D eigenvalue weighted by Crippen LogP contribution is -2.64. The van der Waals surface area contributed by atoms with E-state index in [0.717, 1.165) is 0 Å². The molecule has 9 heteroatoms. The summed E-state index contributed by atoms with van der Waals surface area (Å²) in [5, 5.41) is 50.3. The van der Waals surface area contributed by atoms with Crippen LogP contribution >= 0.6 is 0 Å². The van der Waals surface area contributed by atoms with Crippen LogP contribution in [0, 0.1) is 0 Å². The Kier molecular flexibility index (Phi) is 5.09. The van der Waals surface area contributed by atoms with E-state index in [1.165, 1.54) is 0 Å². The molecule has 1 fully saturated rings. The molecule has 17 heavy (non-hydrogen) atoms. The SMILES string of the molecule is [N-]=[N+]=NCCO[C@@H]1[C@H](O)[C@@H](O)[C@H](O)[C@@H](O)[C@@H]1O. The second-order valence-corrected chi connectivity index (χ2v) is 3.74. The predicted octanol–water partition coefficient (Wildman–Crippen LogP) is -2.50. The maximum Gasteiger partial charge on any atom is 0.114 e. The van der Waals surface area contributed by atoms with Gasteiger partial charge in [0.05, 0.1) is 6.61 Å². The zero-order chi connectivity index (χ0) is 13.0. The smallest absolute Gasteiger partial charge is 0.114 e. The number of hydrogen-bond donors (Lipinski definition) is 5. The molecule has 0 spiro atoms. The molecular formula is C8H15N3O6. The first-order valence-corrected chi connectivity index (χ1v) is 5.03. The van der Waals surface area contributed by atoms with Crippen molar-refractivity contribution in [2.24, 2.45) is 5.11 Å². The summed E-state index contributed by atoms with van der Waals surface area (Å²) in [7, 11) is 0. The minimum Gasteiger partial charge on any atom is -0.387 e.